The van der Waals surface area contributed by atoms with E-state index in [1.807, 2.05) is 13.8 Å². The zero-order chi connectivity index (χ0) is 10.8. The van der Waals surface area contributed by atoms with E-state index in [0.717, 1.165) is 0 Å². The SMILES string of the molecule is C#CCC1(C(=O)O)OCC(C)(C)CO1. The Bertz CT molecular complexity index is 264. The molecule has 1 saturated heterocycles. The van der Waals surface area contributed by atoms with Gasteiger partial charge in [-0.25, -0.2) is 4.79 Å². The van der Waals surface area contributed by atoms with Crippen molar-refractivity contribution in [3.63, 3.8) is 0 Å². The Hall–Kier alpha value is -1.05. The van der Waals surface area contributed by atoms with Crippen LogP contribution in [0.5, 0.6) is 0 Å². The number of carboxylic acid groups (broad SMARTS) is 1. The molecule has 1 aliphatic rings. The van der Waals surface area contributed by atoms with Crippen LogP contribution in [0.2, 0.25) is 0 Å². The zero-order valence-corrected chi connectivity index (χ0v) is 8.37. The molecule has 14 heavy (non-hydrogen) atoms. The summed E-state index contributed by atoms with van der Waals surface area (Å²) in [6.45, 7) is 4.55. The summed E-state index contributed by atoms with van der Waals surface area (Å²) < 4.78 is 10.4. The van der Waals surface area contributed by atoms with Crippen molar-refractivity contribution in [3.05, 3.63) is 0 Å². The van der Waals surface area contributed by atoms with Crippen LogP contribution in [0.1, 0.15) is 20.3 Å². The Labute approximate surface area is 83.2 Å². The lowest BCUT2D eigenvalue weighted by Gasteiger charge is -2.39. The first-order valence-electron chi connectivity index (χ1n) is 4.37. The number of rotatable bonds is 2. The van der Waals surface area contributed by atoms with E-state index in [1.165, 1.54) is 0 Å². The molecule has 0 bridgehead atoms. The van der Waals surface area contributed by atoms with Crippen LogP contribution in [0, 0.1) is 17.8 Å². The fraction of sp³-hybridized carbons (Fsp3) is 0.700. The van der Waals surface area contributed by atoms with Crippen molar-refractivity contribution in [2.24, 2.45) is 5.41 Å². The van der Waals surface area contributed by atoms with Crippen LogP contribution in [0.3, 0.4) is 0 Å². The third-order valence-electron chi connectivity index (χ3n) is 2.05. The molecular weight excluding hydrogens is 184 g/mol. The topological polar surface area (TPSA) is 55.8 Å². The van der Waals surface area contributed by atoms with Crippen molar-refractivity contribution in [2.75, 3.05) is 13.2 Å². The maximum absolute atomic E-state index is 10.9. The summed E-state index contributed by atoms with van der Waals surface area (Å²) in [5, 5.41) is 8.94. The van der Waals surface area contributed by atoms with Crippen LogP contribution >= 0.6 is 0 Å². The molecule has 1 fully saturated rings. The van der Waals surface area contributed by atoms with E-state index >= 15 is 0 Å². The summed E-state index contributed by atoms with van der Waals surface area (Å²) >= 11 is 0. The third-order valence-corrected chi connectivity index (χ3v) is 2.05. The normalized spacial score (nSPS) is 23.8. The van der Waals surface area contributed by atoms with Gasteiger partial charge in [0.15, 0.2) is 0 Å². The van der Waals surface area contributed by atoms with Gasteiger partial charge in [-0.3, -0.25) is 0 Å². The molecule has 1 rings (SSSR count). The number of aliphatic carboxylic acids is 1. The summed E-state index contributed by atoms with van der Waals surface area (Å²) in [6, 6.07) is 0. The number of hydrogen-bond donors (Lipinski definition) is 1. The van der Waals surface area contributed by atoms with Crippen LogP contribution in [0.15, 0.2) is 0 Å². The summed E-state index contributed by atoms with van der Waals surface area (Å²) in [5.74, 6) is -0.540. The Morgan fingerprint density at radius 3 is 2.36 bits per heavy atom. The van der Waals surface area contributed by atoms with Gasteiger partial charge in [-0.05, 0) is 0 Å². The average Bonchev–Trinajstić information content (AvgIpc) is 2.09. The lowest BCUT2D eigenvalue weighted by atomic mass is 9.94. The first-order chi connectivity index (χ1) is 6.42. The van der Waals surface area contributed by atoms with Gasteiger partial charge in [0, 0.05) is 5.41 Å². The number of hydrogen-bond acceptors (Lipinski definition) is 3. The van der Waals surface area contributed by atoms with Gasteiger partial charge in [-0.2, -0.15) is 0 Å². The molecule has 78 valence electrons. The largest absolute Gasteiger partial charge is 0.477 e. The van der Waals surface area contributed by atoms with Crippen LogP contribution in [-0.4, -0.2) is 30.1 Å². The standard InChI is InChI=1S/C10H14O4/c1-4-5-10(8(11)12)13-6-9(2,3)7-14-10/h1H,5-7H2,2-3H3,(H,11,12). The van der Waals surface area contributed by atoms with Crippen LogP contribution < -0.4 is 0 Å². The molecule has 0 unspecified atom stereocenters. The van der Waals surface area contributed by atoms with Gasteiger partial charge in [0.25, 0.3) is 5.79 Å². The van der Waals surface area contributed by atoms with Crippen LogP contribution in [0.25, 0.3) is 0 Å². The van der Waals surface area contributed by atoms with E-state index in [-0.39, 0.29) is 11.8 Å². The smallest absolute Gasteiger partial charge is 0.365 e. The van der Waals surface area contributed by atoms with Gasteiger partial charge in [0.1, 0.15) is 0 Å². The summed E-state index contributed by atoms with van der Waals surface area (Å²) in [7, 11) is 0. The number of carboxylic acids is 1. The molecule has 0 aliphatic carbocycles. The number of ether oxygens (including phenoxy) is 2. The minimum absolute atomic E-state index is 0.0710. The molecule has 1 N–H and O–H groups in total. The highest BCUT2D eigenvalue weighted by Gasteiger charge is 2.46. The molecule has 0 amide bonds. The highest BCUT2D eigenvalue weighted by atomic mass is 16.7. The maximum atomic E-state index is 10.9. The second kappa shape index (κ2) is 3.60. The van der Waals surface area contributed by atoms with Gasteiger partial charge in [0.05, 0.1) is 19.6 Å². The van der Waals surface area contributed by atoms with E-state index in [2.05, 4.69) is 5.92 Å². The number of carbonyl (C=O) groups is 1. The molecule has 1 aliphatic heterocycles. The van der Waals surface area contributed by atoms with Gasteiger partial charge in [-0.15, -0.1) is 12.3 Å². The first kappa shape index (κ1) is 11.0. The predicted octanol–water partition coefficient (Wildman–Crippen LogP) is 0.864. The van der Waals surface area contributed by atoms with Crippen molar-refractivity contribution < 1.29 is 19.4 Å². The molecular formula is C10H14O4. The Morgan fingerprint density at radius 1 is 1.50 bits per heavy atom. The van der Waals surface area contributed by atoms with Gasteiger partial charge in [0.2, 0.25) is 0 Å². The van der Waals surface area contributed by atoms with E-state index in [9.17, 15) is 4.79 Å². The Balaban J connectivity index is 2.75. The van der Waals surface area contributed by atoms with Crippen molar-refractivity contribution in [3.8, 4) is 12.3 Å². The van der Waals surface area contributed by atoms with E-state index < -0.39 is 11.8 Å². The molecule has 4 nitrogen and oxygen atoms in total. The van der Waals surface area contributed by atoms with Crippen molar-refractivity contribution in [1.29, 1.82) is 0 Å². The summed E-state index contributed by atoms with van der Waals surface area (Å²) in [6.07, 6.45) is 5.01. The predicted molar refractivity (Wildman–Crippen MR) is 49.5 cm³/mol. The fourth-order valence-corrected chi connectivity index (χ4v) is 1.14. The molecule has 4 heteroatoms. The maximum Gasteiger partial charge on any atom is 0.365 e. The molecule has 0 aromatic rings. The van der Waals surface area contributed by atoms with Crippen molar-refractivity contribution in [2.45, 2.75) is 26.1 Å². The number of terminal acetylenes is 1. The summed E-state index contributed by atoms with van der Waals surface area (Å²) in [5.41, 5.74) is -0.159. The molecule has 0 spiro atoms. The third kappa shape index (κ3) is 2.06. The second-order valence-corrected chi connectivity index (χ2v) is 4.18. The lowest BCUT2D eigenvalue weighted by Crippen LogP contribution is -2.52. The molecule has 0 aromatic heterocycles. The van der Waals surface area contributed by atoms with Crippen molar-refractivity contribution >= 4 is 5.97 Å². The quantitative estimate of drug-likeness (QED) is 0.669. The molecule has 0 saturated carbocycles. The molecule has 1 heterocycles. The summed E-state index contributed by atoms with van der Waals surface area (Å²) in [4.78, 5) is 10.9. The molecule has 0 radical (unpaired) electrons. The highest BCUT2D eigenvalue weighted by molar-refractivity contribution is 5.76. The van der Waals surface area contributed by atoms with Crippen molar-refractivity contribution in [1.82, 2.24) is 0 Å². The molecule has 0 aromatic carbocycles. The highest BCUT2D eigenvalue weighted by Crippen LogP contribution is 2.31. The zero-order valence-electron chi connectivity index (χ0n) is 8.37. The van der Waals surface area contributed by atoms with E-state index in [4.69, 9.17) is 21.0 Å². The van der Waals surface area contributed by atoms with Crippen LogP contribution in [-0.2, 0) is 14.3 Å². The first-order valence-corrected chi connectivity index (χ1v) is 4.37. The van der Waals surface area contributed by atoms with Gasteiger partial charge >= 0.3 is 5.97 Å². The van der Waals surface area contributed by atoms with Gasteiger partial charge in [-0.1, -0.05) is 13.8 Å². The van der Waals surface area contributed by atoms with Gasteiger partial charge < -0.3 is 14.6 Å². The van der Waals surface area contributed by atoms with Crippen LogP contribution in [0.4, 0.5) is 0 Å². The minimum atomic E-state index is -1.63. The fourth-order valence-electron chi connectivity index (χ4n) is 1.14. The molecule has 0 atom stereocenters. The minimum Gasteiger partial charge on any atom is -0.477 e. The monoisotopic (exact) mass is 198 g/mol. The second-order valence-electron chi connectivity index (χ2n) is 4.18. The Kier molecular flexibility index (Phi) is 2.84. The lowest BCUT2D eigenvalue weighted by molar-refractivity contribution is -0.289. The average molecular weight is 198 g/mol. The van der Waals surface area contributed by atoms with E-state index in [1.54, 1.807) is 0 Å². The van der Waals surface area contributed by atoms with E-state index in [0.29, 0.717) is 13.2 Å². The Morgan fingerprint density at radius 2 is 2.00 bits per heavy atom.